The molecule has 0 radical (unpaired) electrons. The number of hydrogen-bond acceptors (Lipinski definition) is 7. The van der Waals surface area contributed by atoms with Crippen molar-refractivity contribution in [3.8, 4) is 0 Å². The van der Waals surface area contributed by atoms with Crippen LogP contribution in [-0.4, -0.2) is 85.1 Å². The Morgan fingerprint density at radius 1 is 1.06 bits per heavy atom. The lowest BCUT2D eigenvalue weighted by Crippen LogP contribution is -2.54. The lowest BCUT2D eigenvalue weighted by Gasteiger charge is -2.36. The minimum atomic E-state index is -0.963. The Morgan fingerprint density at radius 3 is 2.52 bits per heavy atom. The number of unbranched alkanes of at least 4 members (excludes halogenated alkanes) is 1. The zero-order valence-corrected chi connectivity index (χ0v) is 18.8. The zero-order chi connectivity index (χ0) is 23.5. The van der Waals surface area contributed by atoms with Crippen LogP contribution in [0.1, 0.15) is 52.8 Å². The largest absolute Gasteiger partial charge is 0.368 e. The summed E-state index contributed by atoms with van der Waals surface area (Å²) in [7, 11) is 1.64. The number of nitrogens with zero attached hydrogens (tertiary/aromatic N) is 3. The van der Waals surface area contributed by atoms with Crippen molar-refractivity contribution in [3.63, 3.8) is 0 Å². The highest BCUT2D eigenvalue weighted by Crippen LogP contribution is 2.34. The second-order valence-electron chi connectivity index (χ2n) is 8.61. The summed E-state index contributed by atoms with van der Waals surface area (Å²) < 4.78 is 0. The van der Waals surface area contributed by atoms with E-state index in [0.29, 0.717) is 36.3 Å². The van der Waals surface area contributed by atoms with Gasteiger partial charge in [-0.05, 0) is 37.9 Å². The maximum absolute atomic E-state index is 13.3. The second-order valence-corrected chi connectivity index (χ2v) is 8.61. The van der Waals surface area contributed by atoms with Crippen LogP contribution in [0.4, 0.5) is 5.69 Å². The predicted octanol–water partition coefficient (Wildman–Crippen LogP) is 0.126. The molecule has 1 aromatic carbocycles. The molecule has 10 nitrogen and oxygen atoms in total. The van der Waals surface area contributed by atoms with Crippen LogP contribution in [0.3, 0.4) is 0 Å². The number of piperidine rings is 1. The molecule has 1 atom stereocenters. The molecule has 33 heavy (non-hydrogen) atoms. The number of hydrogen-bond donors (Lipinski definition) is 2. The van der Waals surface area contributed by atoms with Crippen LogP contribution in [0.15, 0.2) is 18.2 Å². The fourth-order valence-electron chi connectivity index (χ4n) is 4.72. The number of nitrogens with one attached hydrogen (secondary N) is 2. The zero-order valence-electron chi connectivity index (χ0n) is 18.8. The monoisotopic (exact) mass is 455 g/mol. The van der Waals surface area contributed by atoms with Crippen molar-refractivity contribution in [2.75, 3.05) is 44.7 Å². The van der Waals surface area contributed by atoms with Gasteiger partial charge in [0.15, 0.2) is 0 Å². The summed E-state index contributed by atoms with van der Waals surface area (Å²) in [6, 6.07) is 4.26. The van der Waals surface area contributed by atoms with Gasteiger partial charge in [0.1, 0.15) is 6.04 Å². The van der Waals surface area contributed by atoms with Crippen LogP contribution in [0.5, 0.6) is 0 Å². The first kappa shape index (κ1) is 22.9. The molecule has 5 amide bonds. The summed E-state index contributed by atoms with van der Waals surface area (Å²) >= 11 is 0. The molecular formula is C23H29N5O5. The van der Waals surface area contributed by atoms with Crippen LogP contribution in [0.25, 0.3) is 0 Å². The van der Waals surface area contributed by atoms with Crippen molar-refractivity contribution in [2.45, 2.75) is 38.1 Å². The molecule has 2 N–H and O–H groups in total. The quantitative estimate of drug-likeness (QED) is 0.443. The summed E-state index contributed by atoms with van der Waals surface area (Å²) in [5, 5.41) is 4.86. The molecule has 10 heteroatoms. The first-order valence-corrected chi connectivity index (χ1v) is 11.4. The Hall–Kier alpha value is -3.27. The molecule has 3 heterocycles. The number of piperazine rings is 1. The molecule has 0 aliphatic carbocycles. The topological polar surface area (TPSA) is 119 Å². The van der Waals surface area contributed by atoms with E-state index in [-0.39, 0.29) is 24.7 Å². The van der Waals surface area contributed by atoms with E-state index in [1.165, 1.54) is 0 Å². The van der Waals surface area contributed by atoms with Gasteiger partial charge in [-0.25, -0.2) is 0 Å². The molecule has 1 unspecified atom stereocenters. The van der Waals surface area contributed by atoms with E-state index in [1.807, 2.05) is 6.07 Å². The highest BCUT2D eigenvalue weighted by Gasteiger charge is 2.46. The maximum atomic E-state index is 13.3. The van der Waals surface area contributed by atoms with Gasteiger partial charge in [-0.2, -0.15) is 0 Å². The van der Waals surface area contributed by atoms with Crippen LogP contribution in [-0.2, 0) is 14.4 Å². The van der Waals surface area contributed by atoms with Gasteiger partial charge >= 0.3 is 0 Å². The van der Waals surface area contributed by atoms with E-state index in [4.69, 9.17) is 0 Å². The van der Waals surface area contributed by atoms with Crippen molar-refractivity contribution in [2.24, 2.45) is 0 Å². The van der Waals surface area contributed by atoms with Crippen molar-refractivity contribution in [1.29, 1.82) is 0 Å². The fourth-order valence-corrected chi connectivity index (χ4v) is 4.72. The van der Waals surface area contributed by atoms with E-state index in [9.17, 15) is 24.0 Å². The minimum absolute atomic E-state index is 0.0586. The van der Waals surface area contributed by atoms with Gasteiger partial charge in [-0.1, -0.05) is 6.07 Å². The molecule has 1 aromatic rings. The van der Waals surface area contributed by atoms with E-state index >= 15 is 0 Å². The predicted molar refractivity (Wildman–Crippen MR) is 120 cm³/mol. The third kappa shape index (κ3) is 4.61. The van der Waals surface area contributed by atoms with Gasteiger partial charge in [0.05, 0.1) is 16.8 Å². The fraction of sp³-hybridized carbons (Fsp3) is 0.522. The Bertz CT molecular complexity index is 985. The van der Waals surface area contributed by atoms with E-state index in [2.05, 4.69) is 20.4 Å². The number of carbonyl (C=O) groups is 5. The molecule has 3 aliphatic rings. The van der Waals surface area contributed by atoms with E-state index < -0.39 is 23.8 Å². The lowest BCUT2D eigenvalue weighted by molar-refractivity contribution is -0.136. The van der Waals surface area contributed by atoms with Gasteiger partial charge in [0.25, 0.3) is 11.8 Å². The molecule has 2 fully saturated rings. The highest BCUT2D eigenvalue weighted by atomic mass is 16.2. The summed E-state index contributed by atoms with van der Waals surface area (Å²) in [5.41, 5.74) is 1.35. The number of carbonyl (C=O) groups excluding carboxylic acids is 5. The van der Waals surface area contributed by atoms with Crippen LogP contribution >= 0.6 is 0 Å². The Morgan fingerprint density at radius 2 is 1.82 bits per heavy atom. The third-order valence-corrected chi connectivity index (χ3v) is 6.57. The van der Waals surface area contributed by atoms with Crippen LogP contribution in [0.2, 0.25) is 0 Å². The molecule has 176 valence electrons. The Kier molecular flexibility index (Phi) is 6.73. The number of imide groups is 2. The molecule has 2 saturated heterocycles. The van der Waals surface area contributed by atoms with Gasteiger partial charge in [-0.15, -0.1) is 0 Å². The summed E-state index contributed by atoms with van der Waals surface area (Å²) in [6.45, 7) is 3.99. The summed E-state index contributed by atoms with van der Waals surface area (Å²) in [6.07, 6.45) is 2.57. The third-order valence-electron chi connectivity index (χ3n) is 6.57. The Balaban J connectivity index is 1.41. The van der Waals surface area contributed by atoms with Crippen molar-refractivity contribution >= 4 is 35.2 Å². The smallest absolute Gasteiger partial charge is 0.264 e. The van der Waals surface area contributed by atoms with Crippen molar-refractivity contribution in [3.05, 3.63) is 29.3 Å². The summed E-state index contributed by atoms with van der Waals surface area (Å²) in [5.74, 6) is -1.89. The summed E-state index contributed by atoms with van der Waals surface area (Å²) in [4.78, 5) is 66.9. The standard InChI is InChI=1S/C23H29N5O5/c1-24-18(29)7-2-3-10-26-11-13-27(14-12-26)16-6-4-5-15-20(16)23(33)28(22(15)32)17-8-9-19(30)25-21(17)31/h4-6,17H,2-3,7-14H2,1H3,(H,24,29)(H,25,30,31). The maximum Gasteiger partial charge on any atom is 0.264 e. The van der Waals surface area contributed by atoms with Crippen LogP contribution in [0, 0.1) is 0 Å². The average molecular weight is 456 g/mol. The SMILES string of the molecule is CNC(=O)CCCCN1CCN(c2cccc3c2C(=O)N(C2CCC(=O)NC2=O)C3=O)CC1. The second kappa shape index (κ2) is 9.70. The molecule has 3 aliphatic heterocycles. The van der Waals surface area contributed by atoms with Crippen molar-refractivity contribution < 1.29 is 24.0 Å². The number of anilines is 1. The lowest BCUT2D eigenvalue weighted by atomic mass is 10.0. The molecule has 0 aromatic heterocycles. The van der Waals surface area contributed by atoms with E-state index in [0.717, 1.165) is 37.4 Å². The van der Waals surface area contributed by atoms with Gasteiger partial charge in [0, 0.05) is 46.1 Å². The molecule has 0 spiro atoms. The molecule has 4 rings (SSSR count). The highest BCUT2D eigenvalue weighted by molar-refractivity contribution is 6.25. The average Bonchev–Trinajstić information content (AvgIpc) is 3.07. The van der Waals surface area contributed by atoms with Gasteiger partial charge in [-0.3, -0.25) is 39.1 Å². The van der Waals surface area contributed by atoms with E-state index in [1.54, 1.807) is 19.2 Å². The molecule has 0 saturated carbocycles. The number of benzene rings is 1. The van der Waals surface area contributed by atoms with Crippen LogP contribution < -0.4 is 15.5 Å². The Labute approximate surface area is 192 Å². The van der Waals surface area contributed by atoms with Crippen molar-refractivity contribution in [1.82, 2.24) is 20.4 Å². The molecular weight excluding hydrogens is 426 g/mol. The number of rotatable bonds is 7. The first-order valence-electron chi connectivity index (χ1n) is 11.4. The number of amides is 5. The van der Waals surface area contributed by atoms with Gasteiger partial charge in [0.2, 0.25) is 17.7 Å². The van der Waals surface area contributed by atoms with Gasteiger partial charge < -0.3 is 10.2 Å². The first-order chi connectivity index (χ1) is 15.9. The number of fused-ring (bicyclic) bond motifs is 1. The molecule has 0 bridgehead atoms. The normalized spacial score (nSPS) is 21.3. The minimum Gasteiger partial charge on any atom is -0.368 e.